The van der Waals surface area contributed by atoms with Crippen molar-refractivity contribution in [3.8, 4) is 44.8 Å². The Balaban J connectivity index is 0.000000162. The van der Waals surface area contributed by atoms with Gasteiger partial charge >= 0.3 is 0 Å². The van der Waals surface area contributed by atoms with Gasteiger partial charge in [0, 0.05) is 103 Å². The number of nitrogens with zero attached hydrogens (tertiary/aromatic N) is 6. The van der Waals surface area contributed by atoms with Gasteiger partial charge in [0.05, 0.1) is 90.0 Å². The Morgan fingerprint density at radius 1 is 0.464 bits per heavy atom. The number of anilines is 4. The van der Waals surface area contributed by atoms with Gasteiger partial charge in [-0.1, -0.05) is 132 Å². The van der Waals surface area contributed by atoms with E-state index in [1.54, 1.807) is 143 Å². The molecule has 0 spiro atoms. The van der Waals surface area contributed by atoms with Gasteiger partial charge < -0.3 is 74.9 Å². The number of aliphatic hydroxyl groups is 3. The lowest BCUT2D eigenvalue weighted by Gasteiger charge is -2.23. The van der Waals surface area contributed by atoms with Crippen LogP contribution in [0.3, 0.4) is 0 Å². The summed E-state index contributed by atoms with van der Waals surface area (Å²) in [7, 11) is 1.59. The molecule has 17 N–H and O–H groups in total. The molecule has 32 heteroatoms. The maximum absolute atomic E-state index is 14.9. The van der Waals surface area contributed by atoms with Gasteiger partial charge in [-0.25, -0.2) is 47.5 Å². The van der Waals surface area contributed by atoms with E-state index in [2.05, 4.69) is 61.8 Å². The van der Waals surface area contributed by atoms with Crippen molar-refractivity contribution < 1.29 is 66.4 Å². The van der Waals surface area contributed by atoms with E-state index in [1.165, 1.54) is 54.7 Å². The Bertz CT molecular complexity index is 5840. The topological polar surface area (TPSA) is 426 Å². The third-order valence-corrected chi connectivity index (χ3v) is 21.2. The van der Waals surface area contributed by atoms with Gasteiger partial charge in [0.15, 0.2) is 0 Å². The minimum atomic E-state index is -0.751. The quantitative estimate of drug-likeness (QED) is 0.0236. The average Bonchev–Trinajstić information content (AvgIpc) is 0.812. The fraction of sp³-hybridized carbons (Fsp3) is 0.226. The molecule has 0 radical (unpaired) electrons. The molecule has 0 saturated carbocycles. The Morgan fingerprint density at radius 2 is 0.864 bits per heavy atom. The lowest BCUT2D eigenvalue weighted by Crippen LogP contribution is -2.33. The maximum Gasteiger partial charge on any atom is 0.254 e. The number of carbonyl (C=O) groups excluding carboxylic acids is 6. The van der Waals surface area contributed by atoms with Gasteiger partial charge in [-0.15, -0.1) is 0 Å². The zero-order valence-corrected chi connectivity index (χ0v) is 69.7. The molecule has 2 saturated heterocycles. The summed E-state index contributed by atoms with van der Waals surface area (Å²) in [5.74, 6) is -4.12. The summed E-state index contributed by atoms with van der Waals surface area (Å²) in [6.07, 6.45) is 9.55. The molecule has 6 heterocycles. The summed E-state index contributed by atoms with van der Waals surface area (Å²) in [5.41, 5.74) is 33.1. The molecule has 646 valence electrons. The summed E-state index contributed by atoms with van der Waals surface area (Å²) in [5, 5.41) is 45.9. The zero-order chi connectivity index (χ0) is 89.4. The second kappa shape index (κ2) is 43.9. The van der Waals surface area contributed by atoms with Crippen LogP contribution < -0.4 is 54.8 Å². The standard InChI is InChI=1S/2C25H24ClFN4O2.C22H23FN4O3.C21H21FN4O3/c1-14(15-3-2-4-19(26)9-15)31-25(33)20-7-5-16(11-22(20)27)21-10-18(13-30-24(21)28)17-6-8-23(32)29-12-17;1-14(15-3-2-4-19(26)9-15)31-25(33)20-6-5-17(11-22(20)27)21-10-18(13-30-24(21)28)16-7-8-29-23(32)12-16;1-30-10-9-16-12-25-21(24)20(26-16)15-7-8-17(18(23)11-15)22(29)27-19(13-28)14-5-3-2-4-6-14;22-17-10-14(19-20(23)24-11-15(25-19)8-9-27)6-7-16(17)21(29)26-18(12-28)13-4-2-1-3-5-13/h2-5,7,9-11,13-14,17H,6,8,12H2,1H3,(H2,28,30)(H,29,32)(H,31,33);2-6,9-11,13-14,16H,7-8,12H2,1H3,(H2,28,30)(H,29,32)(H,31,33);2-8,11-12,19,28H,9-10,13H2,1H3,(H2,24,25)(H,27,29);1-7,10-11,18,27-28H,8-9,12H2,(H2,23,24)(H,26,29)/t14-,17?;14-,16?;19-;18-/m1111/s1. The van der Waals surface area contributed by atoms with E-state index in [0.29, 0.717) is 111 Å². The van der Waals surface area contributed by atoms with Crippen molar-refractivity contribution in [2.45, 2.75) is 88.4 Å². The molecular formula is C93H92Cl2F4N16O10. The number of nitrogens with two attached hydrogens (primary N) is 4. The highest BCUT2D eigenvalue weighted by molar-refractivity contribution is 6.31. The second-order valence-electron chi connectivity index (χ2n) is 29.4. The van der Waals surface area contributed by atoms with E-state index in [4.69, 9.17) is 56.0 Å². The van der Waals surface area contributed by atoms with Crippen LogP contribution in [0.1, 0.15) is 162 Å². The molecule has 26 nitrogen and oxygen atoms in total. The fourth-order valence-corrected chi connectivity index (χ4v) is 14.2. The van der Waals surface area contributed by atoms with Crippen LogP contribution >= 0.6 is 23.2 Å². The van der Waals surface area contributed by atoms with Crippen molar-refractivity contribution in [2.75, 3.05) is 69.6 Å². The first kappa shape index (κ1) is 92.1. The number of carbonyl (C=O) groups is 6. The SMILES string of the molecule is COCCc1cnc(N)c(-c2ccc(C(=O)N[C@H](CO)c3ccccc3)c(F)c2)n1.C[C@@H](NC(=O)c1ccc(-c2cc(C3CCC(=O)NC3)cnc2N)cc1F)c1cccc(Cl)c1.C[C@@H](NC(=O)c1ccc(-c2cc(C3CCNC(=O)C3)cnc2N)cc1F)c1cccc(Cl)c1.Nc1ncc(CCO)nc1-c1ccc(C(=O)N[C@H](CO)c2ccccc2)c(F)c1. The lowest BCUT2D eigenvalue weighted by atomic mass is 9.89. The first-order chi connectivity index (χ1) is 60.2. The smallest absolute Gasteiger partial charge is 0.254 e. The predicted molar refractivity (Wildman–Crippen MR) is 470 cm³/mol. The molecular weight excluding hydrogens is 1650 g/mol. The Hall–Kier alpha value is -13.6. The number of pyridine rings is 2. The lowest BCUT2D eigenvalue weighted by molar-refractivity contribution is -0.123. The number of piperidine rings is 2. The number of ether oxygens (including phenoxy) is 1. The van der Waals surface area contributed by atoms with E-state index in [0.717, 1.165) is 46.7 Å². The van der Waals surface area contributed by atoms with E-state index in [-0.39, 0.29) is 107 Å². The van der Waals surface area contributed by atoms with E-state index in [1.807, 2.05) is 36.4 Å². The number of nitrogen functional groups attached to an aromatic ring is 4. The summed E-state index contributed by atoms with van der Waals surface area (Å²) >= 11 is 12.0. The van der Waals surface area contributed by atoms with Crippen LogP contribution in [0.2, 0.25) is 10.0 Å². The van der Waals surface area contributed by atoms with Crippen molar-refractivity contribution in [3.05, 3.63) is 319 Å². The highest BCUT2D eigenvalue weighted by Crippen LogP contribution is 2.36. The number of hydrogen-bond donors (Lipinski definition) is 13. The van der Waals surface area contributed by atoms with Gasteiger partial charge in [-0.2, -0.15) is 0 Å². The van der Waals surface area contributed by atoms with Crippen LogP contribution in [-0.4, -0.2) is 127 Å². The molecule has 2 aliphatic rings. The number of nitrogens with one attached hydrogen (secondary N) is 6. The maximum atomic E-state index is 14.9. The van der Waals surface area contributed by atoms with Crippen LogP contribution in [-0.2, 0) is 27.2 Å². The van der Waals surface area contributed by atoms with Crippen molar-refractivity contribution in [2.24, 2.45) is 0 Å². The molecule has 2 fully saturated rings. The van der Waals surface area contributed by atoms with Crippen LogP contribution in [0, 0.1) is 23.3 Å². The third kappa shape index (κ3) is 24.6. The molecule has 0 aliphatic carbocycles. The minimum Gasteiger partial charge on any atom is -0.396 e. The summed E-state index contributed by atoms with van der Waals surface area (Å²) in [6, 6.07) is 50.8. The number of benzene rings is 8. The molecule has 2 aliphatic heterocycles. The monoisotopic (exact) mass is 1740 g/mol. The highest BCUT2D eigenvalue weighted by Gasteiger charge is 2.28. The molecule has 125 heavy (non-hydrogen) atoms. The van der Waals surface area contributed by atoms with Gasteiger partial charge in [0.1, 0.15) is 57.9 Å². The van der Waals surface area contributed by atoms with Crippen molar-refractivity contribution in [3.63, 3.8) is 0 Å². The van der Waals surface area contributed by atoms with Gasteiger partial charge in [-0.3, -0.25) is 28.8 Å². The van der Waals surface area contributed by atoms with Gasteiger partial charge in [0.25, 0.3) is 23.6 Å². The molecule has 0 bridgehead atoms. The van der Waals surface area contributed by atoms with Crippen LogP contribution in [0.5, 0.6) is 0 Å². The largest absolute Gasteiger partial charge is 0.396 e. The molecule has 12 aromatic rings. The fourth-order valence-electron chi connectivity index (χ4n) is 13.8. The van der Waals surface area contributed by atoms with Crippen molar-refractivity contribution in [1.82, 2.24) is 61.8 Å². The number of amides is 6. The summed E-state index contributed by atoms with van der Waals surface area (Å²) in [6.45, 7) is 4.49. The molecule has 4 aromatic heterocycles. The number of methoxy groups -OCH3 is 1. The number of aliphatic hydroxyl groups excluding tert-OH is 3. The first-order valence-corrected chi connectivity index (χ1v) is 40.6. The van der Waals surface area contributed by atoms with Gasteiger partial charge in [0.2, 0.25) is 11.8 Å². The minimum absolute atomic E-state index is 0.00182. The zero-order valence-electron chi connectivity index (χ0n) is 68.2. The Labute approximate surface area is 728 Å². The number of halogens is 6. The number of aromatic nitrogens is 6. The van der Waals surface area contributed by atoms with E-state index < -0.39 is 59.0 Å². The second-order valence-corrected chi connectivity index (χ2v) is 30.3. The summed E-state index contributed by atoms with van der Waals surface area (Å²) < 4.78 is 64.3. The van der Waals surface area contributed by atoms with Crippen molar-refractivity contribution >= 4 is 81.9 Å². The Morgan fingerprint density at radius 3 is 1.26 bits per heavy atom. The summed E-state index contributed by atoms with van der Waals surface area (Å²) in [4.78, 5) is 99.0. The van der Waals surface area contributed by atoms with Crippen molar-refractivity contribution in [1.29, 1.82) is 0 Å². The molecule has 14 rings (SSSR count). The molecule has 6 amide bonds. The number of rotatable bonds is 25. The van der Waals surface area contributed by atoms with E-state index >= 15 is 0 Å². The Kier molecular flexibility index (Phi) is 32.4. The third-order valence-electron chi connectivity index (χ3n) is 20.8. The normalized spacial score (nSPS) is 14.4. The molecule has 2 unspecified atom stereocenters. The number of hydrogen-bond acceptors (Lipinski definition) is 20. The predicted octanol–water partition coefficient (Wildman–Crippen LogP) is 13.6. The van der Waals surface area contributed by atoms with Crippen LogP contribution in [0.4, 0.5) is 40.8 Å². The highest BCUT2D eigenvalue weighted by atomic mass is 35.5. The first-order valence-electron chi connectivity index (χ1n) is 39.8. The average molecular weight is 1740 g/mol. The molecule has 6 atom stereocenters. The molecule has 8 aromatic carbocycles. The van der Waals surface area contributed by atoms with E-state index in [9.17, 15) is 56.5 Å². The van der Waals surface area contributed by atoms with Gasteiger partial charge in [-0.05, 0) is 162 Å². The van der Waals surface area contributed by atoms with Crippen LogP contribution in [0.25, 0.3) is 44.8 Å². The van der Waals surface area contributed by atoms with Crippen LogP contribution in [0.15, 0.2) is 219 Å².